The molecule has 1 rings (SSSR count). The van der Waals surface area contributed by atoms with Gasteiger partial charge in [0.05, 0.1) is 5.75 Å². The number of amides is 1. The van der Waals surface area contributed by atoms with Gasteiger partial charge in [-0.3, -0.25) is 4.79 Å². The first-order chi connectivity index (χ1) is 6.15. The molecule has 4 heteroatoms. The number of carbonyl (C=O) groups excluding carboxylic acids is 1. The molecule has 0 aliphatic carbocycles. The molecule has 1 aliphatic rings. The quantitative estimate of drug-likeness (QED) is 0.710. The molecular weight excluding hydrogens is 184 g/mol. The fraction of sp³-hybridized carbons (Fsp3) is 0.889. The van der Waals surface area contributed by atoms with Crippen LogP contribution in [0.15, 0.2) is 0 Å². The Morgan fingerprint density at radius 3 is 2.92 bits per heavy atom. The summed E-state index contributed by atoms with van der Waals surface area (Å²) in [6.45, 7) is 5.98. The standard InChI is InChI=1S/C9H18N2OS/c1-7-5-11(8(2)4-10-7)9(12)6-13-3/h7-8,10H,4-6H2,1-3H3. The Morgan fingerprint density at radius 2 is 2.31 bits per heavy atom. The fourth-order valence-electron chi connectivity index (χ4n) is 1.58. The van der Waals surface area contributed by atoms with Gasteiger partial charge in [-0.1, -0.05) is 0 Å². The first kappa shape index (κ1) is 10.9. The van der Waals surface area contributed by atoms with Gasteiger partial charge in [0.15, 0.2) is 0 Å². The van der Waals surface area contributed by atoms with Crippen LogP contribution in [0.3, 0.4) is 0 Å². The second kappa shape index (κ2) is 4.86. The average Bonchev–Trinajstić information content (AvgIpc) is 2.09. The van der Waals surface area contributed by atoms with Crippen LogP contribution < -0.4 is 5.32 Å². The molecule has 0 bridgehead atoms. The van der Waals surface area contributed by atoms with Crippen molar-refractivity contribution < 1.29 is 4.79 Å². The van der Waals surface area contributed by atoms with Gasteiger partial charge in [-0.05, 0) is 20.1 Å². The molecule has 0 aromatic heterocycles. The zero-order chi connectivity index (χ0) is 9.84. The topological polar surface area (TPSA) is 32.3 Å². The fourth-order valence-corrected chi connectivity index (χ4v) is 1.99. The number of carbonyl (C=O) groups is 1. The molecule has 1 fully saturated rings. The van der Waals surface area contributed by atoms with E-state index in [1.54, 1.807) is 11.8 Å². The molecule has 0 aromatic rings. The molecule has 0 saturated carbocycles. The van der Waals surface area contributed by atoms with Crippen molar-refractivity contribution in [1.29, 1.82) is 0 Å². The molecule has 1 saturated heterocycles. The monoisotopic (exact) mass is 202 g/mol. The highest BCUT2D eigenvalue weighted by Gasteiger charge is 2.25. The van der Waals surface area contributed by atoms with Gasteiger partial charge in [-0.25, -0.2) is 0 Å². The molecule has 1 aliphatic heterocycles. The largest absolute Gasteiger partial charge is 0.336 e. The van der Waals surface area contributed by atoms with Gasteiger partial charge in [-0.15, -0.1) is 0 Å². The summed E-state index contributed by atoms with van der Waals surface area (Å²) in [6.07, 6.45) is 1.97. The molecule has 1 amide bonds. The summed E-state index contributed by atoms with van der Waals surface area (Å²) in [5, 5.41) is 3.36. The maximum Gasteiger partial charge on any atom is 0.232 e. The van der Waals surface area contributed by atoms with E-state index in [2.05, 4.69) is 19.2 Å². The lowest BCUT2D eigenvalue weighted by Gasteiger charge is -2.37. The van der Waals surface area contributed by atoms with E-state index >= 15 is 0 Å². The number of rotatable bonds is 2. The van der Waals surface area contributed by atoms with Crippen molar-refractivity contribution in [3.8, 4) is 0 Å². The molecular formula is C9H18N2OS. The number of thioether (sulfide) groups is 1. The molecule has 13 heavy (non-hydrogen) atoms. The van der Waals surface area contributed by atoms with Gasteiger partial charge in [-0.2, -0.15) is 11.8 Å². The highest BCUT2D eigenvalue weighted by atomic mass is 32.2. The highest BCUT2D eigenvalue weighted by molar-refractivity contribution is 7.99. The van der Waals surface area contributed by atoms with Gasteiger partial charge in [0, 0.05) is 25.2 Å². The predicted octanol–water partition coefficient (Wildman–Crippen LogP) is 0.558. The van der Waals surface area contributed by atoms with Crippen molar-refractivity contribution in [3.05, 3.63) is 0 Å². The summed E-state index contributed by atoms with van der Waals surface area (Å²) < 4.78 is 0. The first-order valence-electron chi connectivity index (χ1n) is 4.67. The van der Waals surface area contributed by atoms with Crippen LogP contribution in [-0.2, 0) is 4.79 Å². The van der Waals surface area contributed by atoms with Crippen LogP contribution in [0, 0.1) is 0 Å². The van der Waals surface area contributed by atoms with Crippen LogP contribution in [-0.4, -0.2) is 48.0 Å². The summed E-state index contributed by atoms with van der Waals surface area (Å²) in [5.41, 5.74) is 0. The SMILES string of the molecule is CSCC(=O)N1CC(C)NCC1C. The lowest BCUT2D eigenvalue weighted by molar-refractivity contribution is -0.131. The van der Waals surface area contributed by atoms with Gasteiger partial charge >= 0.3 is 0 Å². The van der Waals surface area contributed by atoms with Gasteiger partial charge < -0.3 is 10.2 Å². The van der Waals surface area contributed by atoms with Crippen molar-refractivity contribution in [3.63, 3.8) is 0 Å². The summed E-state index contributed by atoms with van der Waals surface area (Å²) in [5.74, 6) is 0.880. The summed E-state index contributed by atoms with van der Waals surface area (Å²) >= 11 is 1.60. The summed E-state index contributed by atoms with van der Waals surface area (Å²) in [6, 6.07) is 0.776. The van der Waals surface area contributed by atoms with Gasteiger partial charge in [0.2, 0.25) is 5.91 Å². The number of piperazine rings is 1. The number of nitrogens with zero attached hydrogens (tertiary/aromatic N) is 1. The zero-order valence-corrected chi connectivity index (χ0v) is 9.36. The Labute approximate surface area is 84.2 Å². The molecule has 1 heterocycles. The van der Waals surface area contributed by atoms with E-state index in [9.17, 15) is 4.79 Å². The second-order valence-electron chi connectivity index (χ2n) is 3.64. The third-order valence-corrected chi connectivity index (χ3v) is 2.89. The molecule has 0 radical (unpaired) electrons. The minimum absolute atomic E-state index is 0.272. The molecule has 76 valence electrons. The first-order valence-corrected chi connectivity index (χ1v) is 6.06. The Balaban J connectivity index is 2.50. The van der Waals surface area contributed by atoms with Crippen LogP contribution >= 0.6 is 11.8 Å². The molecule has 0 spiro atoms. The molecule has 3 nitrogen and oxygen atoms in total. The minimum Gasteiger partial charge on any atom is -0.336 e. The van der Waals surface area contributed by atoms with Crippen LogP contribution in [0.25, 0.3) is 0 Å². The molecule has 2 unspecified atom stereocenters. The van der Waals surface area contributed by atoms with Crippen molar-refractivity contribution in [2.24, 2.45) is 0 Å². The Kier molecular flexibility index (Phi) is 4.06. The van der Waals surface area contributed by atoms with E-state index in [4.69, 9.17) is 0 Å². The lowest BCUT2D eigenvalue weighted by atomic mass is 10.1. The third-order valence-electron chi connectivity index (χ3n) is 2.35. The Bertz CT molecular complexity index is 186. The van der Waals surface area contributed by atoms with Crippen LogP contribution in [0.2, 0.25) is 0 Å². The van der Waals surface area contributed by atoms with Gasteiger partial charge in [0.25, 0.3) is 0 Å². The average molecular weight is 202 g/mol. The zero-order valence-electron chi connectivity index (χ0n) is 8.54. The molecule has 2 atom stereocenters. The lowest BCUT2D eigenvalue weighted by Crippen LogP contribution is -2.56. The highest BCUT2D eigenvalue weighted by Crippen LogP contribution is 2.08. The van der Waals surface area contributed by atoms with E-state index in [-0.39, 0.29) is 5.91 Å². The Hall–Kier alpha value is -0.220. The van der Waals surface area contributed by atoms with E-state index in [0.717, 1.165) is 13.1 Å². The normalized spacial score (nSPS) is 29.0. The summed E-state index contributed by atoms with van der Waals surface area (Å²) in [4.78, 5) is 13.6. The number of hydrogen-bond acceptors (Lipinski definition) is 3. The number of nitrogens with one attached hydrogen (secondary N) is 1. The van der Waals surface area contributed by atoms with E-state index in [0.29, 0.717) is 17.8 Å². The second-order valence-corrected chi connectivity index (χ2v) is 4.50. The van der Waals surface area contributed by atoms with Crippen molar-refractivity contribution in [2.45, 2.75) is 25.9 Å². The van der Waals surface area contributed by atoms with E-state index in [1.165, 1.54) is 0 Å². The maximum absolute atomic E-state index is 11.6. The van der Waals surface area contributed by atoms with E-state index < -0.39 is 0 Å². The van der Waals surface area contributed by atoms with Crippen molar-refractivity contribution in [2.75, 3.05) is 25.1 Å². The smallest absolute Gasteiger partial charge is 0.232 e. The van der Waals surface area contributed by atoms with E-state index in [1.807, 2.05) is 11.2 Å². The Morgan fingerprint density at radius 1 is 1.62 bits per heavy atom. The maximum atomic E-state index is 11.6. The van der Waals surface area contributed by atoms with Gasteiger partial charge in [0.1, 0.15) is 0 Å². The number of hydrogen-bond donors (Lipinski definition) is 1. The van der Waals surface area contributed by atoms with Crippen molar-refractivity contribution >= 4 is 17.7 Å². The van der Waals surface area contributed by atoms with Crippen LogP contribution in [0.5, 0.6) is 0 Å². The molecule has 0 aromatic carbocycles. The minimum atomic E-state index is 0.272. The predicted molar refractivity (Wildman–Crippen MR) is 57.0 cm³/mol. The molecule has 1 N–H and O–H groups in total. The third kappa shape index (κ3) is 2.88. The van der Waals surface area contributed by atoms with Crippen LogP contribution in [0.4, 0.5) is 0 Å². The summed E-state index contributed by atoms with van der Waals surface area (Å²) in [7, 11) is 0. The van der Waals surface area contributed by atoms with Crippen LogP contribution in [0.1, 0.15) is 13.8 Å². The van der Waals surface area contributed by atoms with Crippen molar-refractivity contribution in [1.82, 2.24) is 10.2 Å².